The lowest BCUT2D eigenvalue weighted by molar-refractivity contribution is -0.117. The van der Waals surface area contributed by atoms with Crippen molar-refractivity contribution in [2.24, 2.45) is 0 Å². The third kappa shape index (κ3) is 6.16. The number of hydrogen-bond acceptors (Lipinski definition) is 8. The number of aromatic nitrogens is 3. The first-order valence-electron chi connectivity index (χ1n) is 15.0. The van der Waals surface area contributed by atoms with Gasteiger partial charge in [0.25, 0.3) is 0 Å². The summed E-state index contributed by atoms with van der Waals surface area (Å²) >= 11 is 0. The van der Waals surface area contributed by atoms with Crippen LogP contribution in [0.15, 0.2) is 49.2 Å². The summed E-state index contributed by atoms with van der Waals surface area (Å²) in [5.74, 6) is 1.21. The van der Waals surface area contributed by atoms with Crippen molar-refractivity contribution in [2.45, 2.75) is 31.3 Å². The van der Waals surface area contributed by atoms with Gasteiger partial charge in [0.1, 0.15) is 29.5 Å². The van der Waals surface area contributed by atoms with Gasteiger partial charge in [-0.3, -0.25) is 9.78 Å². The van der Waals surface area contributed by atoms with Crippen molar-refractivity contribution in [3.05, 3.63) is 66.4 Å². The van der Waals surface area contributed by atoms with E-state index in [1.54, 1.807) is 24.3 Å². The second-order valence-corrected chi connectivity index (χ2v) is 11.4. The predicted octanol–water partition coefficient (Wildman–Crippen LogP) is 4.48. The number of rotatable bonds is 7. The largest absolute Gasteiger partial charge is 0.462 e. The van der Waals surface area contributed by atoms with Gasteiger partial charge >= 0.3 is 6.01 Å². The highest BCUT2D eigenvalue weighted by Crippen LogP contribution is 2.36. The normalized spacial score (nSPS) is 19.2. The predicted molar refractivity (Wildman–Crippen MR) is 169 cm³/mol. The first kappa shape index (κ1) is 30.4. The number of hydrogen-bond donors (Lipinski definition) is 1. The molecule has 0 spiro atoms. The van der Waals surface area contributed by atoms with E-state index in [-0.39, 0.29) is 40.8 Å². The Morgan fingerprint density at radius 3 is 2.91 bits per heavy atom. The number of piperidine rings is 1. The number of carbonyl (C=O) groups is 1. The highest BCUT2D eigenvalue weighted by molar-refractivity contribution is 6.02. The zero-order valence-corrected chi connectivity index (χ0v) is 25.1. The fraction of sp³-hybridized carbons (Fsp3) is 0.353. The molecule has 2 aliphatic heterocycles. The smallest absolute Gasteiger partial charge is 0.319 e. The molecule has 2 saturated heterocycles. The third-order valence-corrected chi connectivity index (χ3v) is 8.46. The molecule has 1 amide bonds. The Labute approximate surface area is 260 Å². The van der Waals surface area contributed by atoms with Crippen molar-refractivity contribution in [1.82, 2.24) is 25.2 Å². The Balaban J connectivity index is 1.48. The number of amides is 1. The SMILES string of the molecule is C#Cc1c(F)ccc2cccc(-c3ncc4c(N5CCOCC(NC(=O)C=C)C5)nc(OC[C@@H]5CCCCN5C)nc4c3F)c12. The number of likely N-dealkylation sites (N-methyl/N-ethyl adjacent to an activating group) is 1. The molecule has 0 aliphatic carbocycles. The minimum absolute atomic E-state index is 0.00417. The van der Waals surface area contributed by atoms with E-state index >= 15 is 4.39 Å². The summed E-state index contributed by atoms with van der Waals surface area (Å²) in [5, 5.41) is 4.28. The molecular weight excluding hydrogens is 578 g/mol. The summed E-state index contributed by atoms with van der Waals surface area (Å²) in [7, 11) is 2.06. The summed E-state index contributed by atoms with van der Waals surface area (Å²) in [4.78, 5) is 30.1. The number of fused-ring (bicyclic) bond motifs is 2. The van der Waals surface area contributed by atoms with Gasteiger partial charge in [-0.2, -0.15) is 9.97 Å². The quantitative estimate of drug-likeness (QED) is 0.242. The van der Waals surface area contributed by atoms with Gasteiger partial charge in [0.05, 0.1) is 30.2 Å². The summed E-state index contributed by atoms with van der Waals surface area (Å²) in [6, 6.07) is 7.94. The van der Waals surface area contributed by atoms with Gasteiger partial charge in [0.2, 0.25) is 5.91 Å². The van der Waals surface area contributed by atoms with Gasteiger partial charge in [-0.25, -0.2) is 8.78 Å². The van der Waals surface area contributed by atoms with Crippen LogP contribution in [0.2, 0.25) is 0 Å². The minimum Gasteiger partial charge on any atom is -0.462 e. The highest BCUT2D eigenvalue weighted by Gasteiger charge is 2.27. The summed E-state index contributed by atoms with van der Waals surface area (Å²) in [6.07, 6.45) is 11.6. The van der Waals surface area contributed by atoms with E-state index in [1.165, 1.54) is 18.3 Å². The number of benzene rings is 2. The van der Waals surface area contributed by atoms with Crippen LogP contribution in [0.25, 0.3) is 32.9 Å². The van der Waals surface area contributed by atoms with E-state index in [2.05, 4.69) is 39.7 Å². The Morgan fingerprint density at radius 2 is 2.11 bits per heavy atom. The third-order valence-electron chi connectivity index (χ3n) is 8.46. The van der Waals surface area contributed by atoms with Crippen LogP contribution < -0.4 is 15.0 Å². The van der Waals surface area contributed by atoms with E-state index in [9.17, 15) is 9.18 Å². The van der Waals surface area contributed by atoms with Gasteiger partial charge in [0.15, 0.2) is 5.82 Å². The van der Waals surface area contributed by atoms with Crippen molar-refractivity contribution in [2.75, 3.05) is 51.4 Å². The lowest BCUT2D eigenvalue weighted by atomic mass is 9.96. The molecule has 6 rings (SSSR count). The fourth-order valence-corrected chi connectivity index (χ4v) is 6.08. The van der Waals surface area contributed by atoms with Crippen molar-refractivity contribution in [1.29, 1.82) is 0 Å². The van der Waals surface area contributed by atoms with Crippen molar-refractivity contribution < 1.29 is 23.0 Å². The molecule has 11 heteroatoms. The number of ether oxygens (including phenoxy) is 2. The average Bonchev–Trinajstić information content (AvgIpc) is 3.29. The van der Waals surface area contributed by atoms with Crippen LogP contribution in [0.3, 0.4) is 0 Å². The summed E-state index contributed by atoms with van der Waals surface area (Å²) < 4.78 is 43.4. The average molecular weight is 613 g/mol. The van der Waals surface area contributed by atoms with E-state index in [0.29, 0.717) is 60.5 Å². The topological polar surface area (TPSA) is 92.7 Å². The number of nitrogens with one attached hydrogen (secondary N) is 1. The van der Waals surface area contributed by atoms with E-state index in [1.807, 2.05) is 4.90 Å². The molecule has 232 valence electrons. The second kappa shape index (κ2) is 13.1. The molecule has 0 radical (unpaired) electrons. The van der Waals surface area contributed by atoms with Crippen molar-refractivity contribution in [3.8, 4) is 29.6 Å². The molecule has 1 N–H and O–H groups in total. The zero-order valence-electron chi connectivity index (χ0n) is 25.1. The minimum atomic E-state index is -0.710. The van der Waals surface area contributed by atoms with Gasteiger partial charge in [0, 0.05) is 36.3 Å². The molecular formula is C34H34F2N6O3. The molecule has 2 aromatic heterocycles. The van der Waals surface area contributed by atoms with Crippen LogP contribution in [0, 0.1) is 24.0 Å². The standard InChI is InChI=1S/C34H34F2N6O3/c1-4-24-27(35)13-12-21-9-8-11-25(29(21)24)31-30(36)32-26(17-37-31)33(42-15-16-44-19-22(18-42)38-28(43)5-2)40-34(39-32)45-20-23-10-6-7-14-41(23)3/h1,5,8-9,11-13,17,22-23H,2,6-7,10,14-16,18-20H2,3H3,(H,38,43)/t22?,23-/m0/s1. The second-order valence-electron chi connectivity index (χ2n) is 11.4. The molecule has 2 aromatic carbocycles. The number of pyridine rings is 1. The highest BCUT2D eigenvalue weighted by atomic mass is 19.1. The molecule has 0 saturated carbocycles. The van der Waals surface area contributed by atoms with Crippen molar-refractivity contribution >= 4 is 33.4 Å². The van der Waals surface area contributed by atoms with Gasteiger partial charge in [-0.05, 0) is 44.0 Å². The molecule has 1 unspecified atom stereocenters. The lowest BCUT2D eigenvalue weighted by Gasteiger charge is -2.32. The number of anilines is 1. The Bertz CT molecular complexity index is 1810. The lowest BCUT2D eigenvalue weighted by Crippen LogP contribution is -2.44. The molecule has 2 aliphatic rings. The van der Waals surface area contributed by atoms with E-state index in [4.69, 9.17) is 20.9 Å². The van der Waals surface area contributed by atoms with Gasteiger partial charge < -0.3 is 24.6 Å². The number of likely N-dealkylation sites (tertiary alicyclic amines) is 1. The molecule has 4 heterocycles. The van der Waals surface area contributed by atoms with Crippen LogP contribution in [0.4, 0.5) is 14.6 Å². The number of terminal acetylenes is 1. The van der Waals surface area contributed by atoms with Crippen LogP contribution in [0.1, 0.15) is 24.8 Å². The van der Waals surface area contributed by atoms with Crippen LogP contribution >= 0.6 is 0 Å². The summed E-state index contributed by atoms with van der Waals surface area (Å²) in [6.45, 7) is 6.27. The first-order chi connectivity index (χ1) is 21.9. The fourth-order valence-electron chi connectivity index (χ4n) is 6.08. The van der Waals surface area contributed by atoms with Crippen LogP contribution in [0.5, 0.6) is 6.01 Å². The van der Waals surface area contributed by atoms with Gasteiger partial charge in [-0.1, -0.05) is 43.2 Å². The monoisotopic (exact) mass is 612 g/mol. The van der Waals surface area contributed by atoms with E-state index < -0.39 is 11.6 Å². The van der Waals surface area contributed by atoms with E-state index in [0.717, 1.165) is 25.8 Å². The Kier molecular flexibility index (Phi) is 8.87. The summed E-state index contributed by atoms with van der Waals surface area (Å²) in [5.41, 5.74) is 0.365. The molecule has 2 fully saturated rings. The Hall–Kier alpha value is -4.66. The first-order valence-corrected chi connectivity index (χ1v) is 15.0. The van der Waals surface area contributed by atoms with Crippen molar-refractivity contribution in [3.63, 3.8) is 0 Å². The number of nitrogens with zero attached hydrogens (tertiary/aromatic N) is 5. The van der Waals surface area contributed by atoms with Crippen LogP contribution in [-0.2, 0) is 9.53 Å². The molecule has 9 nitrogen and oxygen atoms in total. The van der Waals surface area contributed by atoms with Crippen LogP contribution in [-0.4, -0.2) is 84.3 Å². The van der Waals surface area contributed by atoms with Gasteiger partial charge in [-0.15, -0.1) is 6.42 Å². The molecule has 4 aromatic rings. The Morgan fingerprint density at radius 1 is 1.24 bits per heavy atom. The maximum Gasteiger partial charge on any atom is 0.319 e. The molecule has 0 bridgehead atoms. The maximum absolute atomic E-state index is 16.7. The molecule has 45 heavy (non-hydrogen) atoms. The maximum atomic E-state index is 16.7. The number of halogens is 2. The zero-order chi connectivity index (χ0) is 31.5. The molecule has 2 atom stereocenters. The number of carbonyl (C=O) groups excluding carboxylic acids is 1.